The minimum absolute atomic E-state index is 0.0848. The second-order valence-corrected chi connectivity index (χ2v) is 6.78. The molecule has 1 aliphatic rings. The number of nitrogens with zero attached hydrogens (tertiary/aromatic N) is 2. The number of morpholine rings is 1. The summed E-state index contributed by atoms with van der Waals surface area (Å²) in [5.41, 5.74) is 3.08. The first-order chi connectivity index (χ1) is 11.7. The summed E-state index contributed by atoms with van der Waals surface area (Å²) in [5, 5.41) is 9.32. The average molecular weight is 320 g/mol. The second-order valence-electron chi connectivity index (χ2n) is 6.78. The number of rotatable bonds is 4. The van der Waals surface area contributed by atoms with Crippen molar-refractivity contribution in [1.82, 2.24) is 4.90 Å². The maximum atomic E-state index is 9.32. The monoisotopic (exact) mass is 320 g/mol. The lowest BCUT2D eigenvalue weighted by Gasteiger charge is -2.40. The van der Waals surface area contributed by atoms with Crippen LogP contribution in [0.5, 0.6) is 0 Å². The van der Waals surface area contributed by atoms with Crippen LogP contribution in [0, 0.1) is 17.2 Å². The zero-order valence-corrected chi connectivity index (χ0v) is 14.4. The average Bonchev–Trinajstić information content (AvgIpc) is 2.62. The van der Waals surface area contributed by atoms with E-state index in [1.165, 1.54) is 5.56 Å². The van der Waals surface area contributed by atoms with Crippen molar-refractivity contribution >= 4 is 0 Å². The maximum absolute atomic E-state index is 9.32. The molecule has 1 saturated heterocycles. The molecule has 1 heterocycles. The van der Waals surface area contributed by atoms with E-state index in [4.69, 9.17) is 4.74 Å². The molecule has 3 rings (SSSR count). The fourth-order valence-corrected chi connectivity index (χ4v) is 3.22. The zero-order chi connectivity index (χ0) is 16.9. The molecule has 0 amide bonds. The van der Waals surface area contributed by atoms with Crippen LogP contribution in [0.3, 0.4) is 0 Å². The maximum Gasteiger partial charge on any atom is 0.0995 e. The van der Waals surface area contributed by atoms with Crippen molar-refractivity contribution in [3.05, 3.63) is 71.3 Å². The summed E-state index contributed by atoms with van der Waals surface area (Å²) in [7, 11) is 0. The van der Waals surface area contributed by atoms with Crippen LogP contribution in [0.2, 0.25) is 0 Å². The lowest BCUT2D eigenvalue weighted by molar-refractivity contribution is -0.107. The highest BCUT2D eigenvalue weighted by molar-refractivity contribution is 5.37. The summed E-state index contributed by atoms with van der Waals surface area (Å²) in [6.45, 7) is 6.96. The van der Waals surface area contributed by atoms with Gasteiger partial charge in [0.25, 0.3) is 0 Å². The molecule has 0 bridgehead atoms. The SMILES string of the molecule is CC(C)[C@H]1CN(Cc2ccccc2C#N)C[C@@H](c2ccccc2)O1. The first-order valence-electron chi connectivity index (χ1n) is 8.58. The van der Waals surface area contributed by atoms with Gasteiger partial charge in [0.1, 0.15) is 0 Å². The third-order valence-electron chi connectivity index (χ3n) is 4.65. The summed E-state index contributed by atoms with van der Waals surface area (Å²) in [5.74, 6) is 0.463. The van der Waals surface area contributed by atoms with Gasteiger partial charge in [-0.25, -0.2) is 0 Å². The van der Waals surface area contributed by atoms with Crippen LogP contribution in [0.1, 0.15) is 36.6 Å². The molecule has 2 aromatic carbocycles. The van der Waals surface area contributed by atoms with Crippen LogP contribution in [-0.4, -0.2) is 24.1 Å². The Morgan fingerprint density at radius 3 is 2.50 bits per heavy atom. The molecular weight excluding hydrogens is 296 g/mol. The van der Waals surface area contributed by atoms with Crippen LogP contribution >= 0.6 is 0 Å². The van der Waals surface area contributed by atoms with Crippen LogP contribution < -0.4 is 0 Å². The van der Waals surface area contributed by atoms with Gasteiger partial charge in [0, 0.05) is 19.6 Å². The smallest absolute Gasteiger partial charge is 0.0995 e. The predicted molar refractivity (Wildman–Crippen MR) is 95.3 cm³/mol. The number of ether oxygens (including phenoxy) is 1. The molecule has 3 nitrogen and oxygen atoms in total. The van der Waals surface area contributed by atoms with Gasteiger partial charge in [-0.15, -0.1) is 0 Å². The summed E-state index contributed by atoms with van der Waals surface area (Å²) in [4.78, 5) is 2.42. The van der Waals surface area contributed by atoms with E-state index < -0.39 is 0 Å². The molecule has 0 radical (unpaired) electrons. The normalized spacial score (nSPS) is 21.6. The van der Waals surface area contributed by atoms with Gasteiger partial charge >= 0.3 is 0 Å². The molecule has 2 atom stereocenters. The highest BCUT2D eigenvalue weighted by Crippen LogP contribution is 2.29. The topological polar surface area (TPSA) is 36.3 Å². The molecule has 0 aliphatic carbocycles. The number of benzene rings is 2. The molecule has 24 heavy (non-hydrogen) atoms. The number of hydrogen-bond donors (Lipinski definition) is 0. The molecule has 2 aromatic rings. The van der Waals surface area contributed by atoms with Gasteiger partial charge in [0.15, 0.2) is 0 Å². The van der Waals surface area contributed by atoms with Crippen LogP contribution in [0.4, 0.5) is 0 Å². The summed E-state index contributed by atoms with van der Waals surface area (Å²) in [6.07, 6.45) is 0.291. The van der Waals surface area contributed by atoms with Crippen LogP contribution in [-0.2, 0) is 11.3 Å². The van der Waals surface area contributed by atoms with Gasteiger partial charge in [-0.1, -0.05) is 62.4 Å². The highest BCUT2D eigenvalue weighted by Gasteiger charge is 2.30. The Morgan fingerprint density at radius 1 is 1.08 bits per heavy atom. The first-order valence-corrected chi connectivity index (χ1v) is 8.58. The minimum Gasteiger partial charge on any atom is -0.367 e. The third kappa shape index (κ3) is 3.84. The van der Waals surface area contributed by atoms with Crippen molar-refractivity contribution in [2.45, 2.75) is 32.6 Å². The van der Waals surface area contributed by atoms with Gasteiger partial charge in [-0.2, -0.15) is 5.26 Å². The van der Waals surface area contributed by atoms with E-state index in [1.807, 2.05) is 24.3 Å². The van der Waals surface area contributed by atoms with Crippen molar-refractivity contribution in [1.29, 1.82) is 5.26 Å². The van der Waals surface area contributed by atoms with Gasteiger partial charge in [0.2, 0.25) is 0 Å². The summed E-state index contributed by atoms with van der Waals surface area (Å²) in [6, 6.07) is 20.6. The fraction of sp³-hybridized carbons (Fsp3) is 0.381. The van der Waals surface area contributed by atoms with Crippen molar-refractivity contribution in [3.63, 3.8) is 0 Å². The molecule has 124 valence electrons. The van der Waals surface area contributed by atoms with E-state index in [0.717, 1.165) is 30.8 Å². The molecule has 1 aliphatic heterocycles. The molecule has 3 heteroatoms. The van der Waals surface area contributed by atoms with E-state index in [-0.39, 0.29) is 12.2 Å². The van der Waals surface area contributed by atoms with Gasteiger partial charge in [0.05, 0.1) is 23.8 Å². The predicted octanol–water partition coefficient (Wildman–Crippen LogP) is 4.16. The molecule has 1 fully saturated rings. The van der Waals surface area contributed by atoms with Crippen molar-refractivity contribution in [3.8, 4) is 6.07 Å². The quantitative estimate of drug-likeness (QED) is 0.849. The number of hydrogen-bond acceptors (Lipinski definition) is 3. The molecular formula is C21H24N2O. The Bertz CT molecular complexity index is 705. The van der Waals surface area contributed by atoms with Crippen molar-refractivity contribution in [2.75, 3.05) is 13.1 Å². The highest BCUT2D eigenvalue weighted by atomic mass is 16.5. The molecule has 0 spiro atoms. The Labute approximate surface area is 144 Å². The minimum atomic E-state index is 0.0848. The Morgan fingerprint density at radius 2 is 1.79 bits per heavy atom. The lowest BCUT2D eigenvalue weighted by atomic mass is 10.00. The van der Waals surface area contributed by atoms with Gasteiger partial charge in [-0.3, -0.25) is 4.90 Å². The fourth-order valence-electron chi connectivity index (χ4n) is 3.22. The molecule has 0 unspecified atom stereocenters. The number of nitriles is 1. The summed E-state index contributed by atoms with van der Waals surface area (Å²) >= 11 is 0. The molecule has 0 N–H and O–H groups in total. The van der Waals surface area contributed by atoms with Gasteiger partial charge in [-0.05, 0) is 23.1 Å². The van der Waals surface area contributed by atoms with E-state index in [1.54, 1.807) is 0 Å². The second kappa shape index (κ2) is 7.61. The van der Waals surface area contributed by atoms with E-state index in [2.05, 4.69) is 55.1 Å². The largest absolute Gasteiger partial charge is 0.367 e. The summed E-state index contributed by atoms with van der Waals surface area (Å²) < 4.78 is 6.35. The van der Waals surface area contributed by atoms with Crippen LogP contribution in [0.15, 0.2) is 54.6 Å². The van der Waals surface area contributed by atoms with Crippen molar-refractivity contribution in [2.24, 2.45) is 5.92 Å². The van der Waals surface area contributed by atoms with Crippen LogP contribution in [0.25, 0.3) is 0 Å². The lowest BCUT2D eigenvalue weighted by Crippen LogP contribution is -2.45. The Balaban J connectivity index is 1.80. The molecule has 0 aromatic heterocycles. The Kier molecular flexibility index (Phi) is 5.30. The standard InChI is InChI=1S/C21H24N2O/c1-16(2)20-14-23(13-19-11-7-6-10-18(19)12-22)15-21(24-20)17-8-4-3-5-9-17/h3-11,16,20-21H,13-15H2,1-2H3/t20-,21+/m1/s1. The third-order valence-corrected chi connectivity index (χ3v) is 4.65. The Hall–Kier alpha value is -2.15. The van der Waals surface area contributed by atoms with Gasteiger partial charge < -0.3 is 4.74 Å². The first kappa shape index (κ1) is 16.7. The van der Waals surface area contributed by atoms with Crippen molar-refractivity contribution < 1.29 is 4.74 Å². The van der Waals surface area contributed by atoms with E-state index in [0.29, 0.717) is 5.92 Å². The molecule has 0 saturated carbocycles. The van der Waals surface area contributed by atoms with E-state index in [9.17, 15) is 5.26 Å². The zero-order valence-electron chi connectivity index (χ0n) is 14.4. The van der Waals surface area contributed by atoms with E-state index >= 15 is 0 Å².